The van der Waals surface area contributed by atoms with Crippen LogP contribution >= 0.6 is 11.3 Å². The third-order valence-corrected chi connectivity index (χ3v) is 8.43. The minimum Gasteiger partial charge on any atom is -0.208 e. The Hall–Kier alpha value is -4.93. The number of aromatic nitrogens is 3. The zero-order chi connectivity index (χ0) is 25.8. The summed E-state index contributed by atoms with van der Waals surface area (Å²) in [4.78, 5) is 15.2. The smallest absolute Gasteiger partial charge is 0.164 e. The van der Waals surface area contributed by atoms with Gasteiger partial charge in [-0.1, -0.05) is 103 Å². The highest BCUT2D eigenvalue weighted by Crippen LogP contribution is 2.39. The lowest BCUT2D eigenvalue weighted by atomic mass is 10.0. The molecule has 0 aliphatic rings. The molecule has 0 N–H and O–H groups in total. The molecule has 6 aromatic carbocycles. The first kappa shape index (κ1) is 22.1. The lowest BCUT2D eigenvalue weighted by Gasteiger charge is -2.10. The Kier molecular flexibility index (Phi) is 5.00. The van der Waals surface area contributed by atoms with Crippen molar-refractivity contribution in [1.82, 2.24) is 15.0 Å². The summed E-state index contributed by atoms with van der Waals surface area (Å²) in [5.41, 5.74) is 2.97. The molecule has 0 aliphatic carbocycles. The monoisotopic (exact) mass is 515 g/mol. The minimum absolute atomic E-state index is 0.672. The van der Waals surface area contributed by atoms with E-state index in [1.807, 2.05) is 0 Å². The van der Waals surface area contributed by atoms with Crippen LogP contribution in [-0.4, -0.2) is 15.0 Å². The molecule has 0 atom stereocenters. The maximum Gasteiger partial charge on any atom is 0.164 e. The van der Waals surface area contributed by atoms with Crippen molar-refractivity contribution in [3.63, 3.8) is 0 Å². The summed E-state index contributed by atoms with van der Waals surface area (Å²) in [7, 11) is 0. The second kappa shape index (κ2) is 8.83. The predicted octanol–water partition coefficient (Wildman–Crippen LogP) is 9.55. The second-order valence-electron chi connectivity index (χ2n) is 9.71. The maximum atomic E-state index is 5.09. The molecule has 3 nitrogen and oxygen atoms in total. The van der Waals surface area contributed by atoms with Gasteiger partial charge >= 0.3 is 0 Å². The van der Waals surface area contributed by atoms with Gasteiger partial charge < -0.3 is 0 Å². The van der Waals surface area contributed by atoms with E-state index >= 15 is 0 Å². The highest BCUT2D eigenvalue weighted by Gasteiger charge is 2.17. The Morgan fingerprint density at radius 3 is 1.62 bits per heavy atom. The summed E-state index contributed by atoms with van der Waals surface area (Å²) in [6.07, 6.45) is 0. The van der Waals surface area contributed by atoms with Crippen molar-refractivity contribution in [3.05, 3.63) is 127 Å². The molecule has 39 heavy (non-hydrogen) atoms. The van der Waals surface area contributed by atoms with Gasteiger partial charge in [0.2, 0.25) is 0 Å². The van der Waals surface area contributed by atoms with Gasteiger partial charge in [-0.2, -0.15) is 0 Å². The molecule has 0 radical (unpaired) electrons. The van der Waals surface area contributed by atoms with Gasteiger partial charge in [0.1, 0.15) is 0 Å². The van der Waals surface area contributed by atoms with E-state index in [-0.39, 0.29) is 0 Å². The van der Waals surface area contributed by atoms with Crippen LogP contribution in [0.4, 0.5) is 0 Å². The number of hydrogen-bond donors (Lipinski definition) is 0. The first-order valence-electron chi connectivity index (χ1n) is 13.0. The Morgan fingerprint density at radius 1 is 0.410 bits per heavy atom. The van der Waals surface area contributed by atoms with Crippen LogP contribution in [0.3, 0.4) is 0 Å². The predicted molar refractivity (Wildman–Crippen MR) is 164 cm³/mol. The average molecular weight is 516 g/mol. The van der Waals surface area contributed by atoms with Crippen molar-refractivity contribution in [2.24, 2.45) is 0 Å². The molecule has 182 valence electrons. The molecule has 2 aromatic heterocycles. The first-order valence-corrected chi connectivity index (χ1v) is 13.8. The second-order valence-corrected chi connectivity index (χ2v) is 10.8. The fraction of sp³-hybridized carbons (Fsp3) is 0. The van der Waals surface area contributed by atoms with Crippen molar-refractivity contribution >= 4 is 53.1 Å². The van der Waals surface area contributed by atoms with E-state index in [4.69, 9.17) is 15.0 Å². The summed E-state index contributed by atoms with van der Waals surface area (Å²) in [6, 6.07) is 44.5. The van der Waals surface area contributed by atoms with Crippen LogP contribution in [0.2, 0.25) is 0 Å². The highest BCUT2D eigenvalue weighted by molar-refractivity contribution is 7.25. The lowest BCUT2D eigenvalue weighted by Crippen LogP contribution is -2.00. The summed E-state index contributed by atoms with van der Waals surface area (Å²) in [6.45, 7) is 0. The number of benzene rings is 6. The fourth-order valence-electron chi connectivity index (χ4n) is 5.37. The molecule has 2 heterocycles. The van der Waals surface area contributed by atoms with Crippen LogP contribution < -0.4 is 0 Å². The molecule has 0 amide bonds. The van der Waals surface area contributed by atoms with Crippen LogP contribution in [-0.2, 0) is 0 Å². The van der Waals surface area contributed by atoms with Crippen molar-refractivity contribution in [2.45, 2.75) is 0 Å². The Labute approximate surface area is 229 Å². The van der Waals surface area contributed by atoms with Gasteiger partial charge in [0, 0.05) is 36.9 Å². The first-order chi connectivity index (χ1) is 19.3. The molecule has 0 spiro atoms. The van der Waals surface area contributed by atoms with E-state index in [9.17, 15) is 0 Å². The summed E-state index contributed by atoms with van der Waals surface area (Å²) < 4.78 is 2.49. The van der Waals surface area contributed by atoms with Crippen molar-refractivity contribution in [1.29, 1.82) is 0 Å². The topological polar surface area (TPSA) is 38.7 Å². The van der Waals surface area contributed by atoms with Gasteiger partial charge in [-0.05, 0) is 45.8 Å². The SMILES string of the molecule is c1ccc2cc(-c3nc(-c4ccc5ccccc5c4)nc(-c4cccc5sc6ccccc6c45)n3)ccc2c1. The van der Waals surface area contributed by atoms with Crippen molar-refractivity contribution in [2.75, 3.05) is 0 Å². The zero-order valence-electron chi connectivity index (χ0n) is 20.9. The molecule has 0 aliphatic heterocycles. The van der Waals surface area contributed by atoms with Crippen molar-refractivity contribution < 1.29 is 0 Å². The number of fused-ring (bicyclic) bond motifs is 5. The third kappa shape index (κ3) is 3.77. The number of nitrogens with zero attached hydrogens (tertiary/aromatic N) is 3. The van der Waals surface area contributed by atoms with E-state index in [0.29, 0.717) is 17.5 Å². The summed E-state index contributed by atoms with van der Waals surface area (Å²) in [5.74, 6) is 2.03. The van der Waals surface area contributed by atoms with Gasteiger partial charge in [0.05, 0.1) is 0 Å². The van der Waals surface area contributed by atoms with Crippen LogP contribution in [0.5, 0.6) is 0 Å². The minimum atomic E-state index is 0.672. The van der Waals surface area contributed by atoms with Gasteiger partial charge in [0.25, 0.3) is 0 Å². The quantitative estimate of drug-likeness (QED) is 0.235. The standard InChI is InChI=1S/C35H21N3S/c1-3-10-24-20-26(18-16-22(24)8-1)33-36-34(27-19-17-23-9-2-4-11-25(23)21-27)38-35(37-33)29-13-7-15-31-32(29)28-12-5-6-14-30(28)39-31/h1-21H. The molecular weight excluding hydrogens is 494 g/mol. The van der Waals surface area contributed by atoms with E-state index < -0.39 is 0 Å². The molecule has 0 saturated heterocycles. The molecule has 0 fully saturated rings. The highest BCUT2D eigenvalue weighted by atomic mass is 32.1. The average Bonchev–Trinajstić information content (AvgIpc) is 3.39. The van der Waals surface area contributed by atoms with Crippen LogP contribution in [0.25, 0.3) is 75.9 Å². The van der Waals surface area contributed by atoms with Crippen LogP contribution in [0.1, 0.15) is 0 Å². The number of hydrogen-bond acceptors (Lipinski definition) is 4. The van der Waals surface area contributed by atoms with Gasteiger partial charge in [0.15, 0.2) is 17.5 Å². The molecular formula is C35H21N3S. The largest absolute Gasteiger partial charge is 0.208 e. The van der Waals surface area contributed by atoms with Crippen LogP contribution in [0, 0.1) is 0 Å². The number of thiophene rings is 1. The van der Waals surface area contributed by atoms with E-state index in [0.717, 1.165) is 27.5 Å². The molecule has 4 heteroatoms. The normalized spacial score (nSPS) is 11.6. The van der Waals surface area contributed by atoms with E-state index in [1.165, 1.54) is 30.9 Å². The zero-order valence-corrected chi connectivity index (χ0v) is 21.7. The van der Waals surface area contributed by atoms with Gasteiger partial charge in [-0.15, -0.1) is 11.3 Å². The Bertz CT molecular complexity index is 2100. The van der Waals surface area contributed by atoms with Crippen LogP contribution in [0.15, 0.2) is 127 Å². The maximum absolute atomic E-state index is 5.09. The molecule has 0 unspecified atom stereocenters. The molecule has 0 saturated carbocycles. The van der Waals surface area contributed by atoms with Gasteiger partial charge in [-0.3, -0.25) is 0 Å². The molecule has 0 bridgehead atoms. The lowest BCUT2D eigenvalue weighted by molar-refractivity contribution is 1.08. The summed E-state index contributed by atoms with van der Waals surface area (Å²) >= 11 is 1.80. The fourth-order valence-corrected chi connectivity index (χ4v) is 6.50. The van der Waals surface area contributed by atoms with E-state index in [1.54, 1.807) is 11.3 Å². The number of rotatable bonds is 3. The third-order valence-electron chi connectivity index (χ3n) is 7.29. The van der Waals surface area contributed by atoms with Crippen molar-refractivity contribution in [3.8, 4) is 34.2 Å². The van der Waals surface area contributed by atoms with Gasteiger partial charge in [-0.25, -0.2) is 15.0 Å². The Morgan fingerprint density at radius 2 is 0.949 bits per heavy atom. The molecule has 8 aromatic rings. The molecule has 8 rings (SSSR count). The van der Waals surface area contributed by atoms with E-state index in [2.05, 4.69) is 127 Å². The Balaban J connectivity index is 1.40. The summed E-state index contributed by atoms with van der Waals surface area (Å²) in [5, 5.41) is 7.14.